The van der Waals surface area contributed by atoms with Gasteiger partial charge in [-0.05, 0) is 66.9 Å². The summed E-state index contributed by atoms with van der Waals surface area (Å²) in [4.78, 5) is 12.3. The average Bonchev–Trinajstić information content (AvgIpc) is 2.66. The zero-order chi connectivity index (χ0) is 19.4. The molecule has 27 heavy (non-hydrogen) atoms. The number of halogens is 1. The monoisotopic (exact) mass is 364 g/mol. The van der Waals surface area contributed by atoms with Gasteiger partial charge in [0.25, 0.3) is 5.91 Å². The van der Waals surface area contributed by atoms with Gasteiger partial charge < -0.3 is 15.2 Å². The van der Waals surface area contributed by atoms with Crippen LogP contribution in [0.5, 0.6) is 17.2 Å². The van der Waals surface area contributed by atoms with Gasteiger partial charge in [0.2, 0.25) is 0 Å². The summed E-state index contributed by atoms with van der Waals surface area (Å²) in [5.74, 6) is 0.284. The molecule has 0 unspecified atom stereocenters. The molecule has 0 aliphatic heterocycles. The first-order valence-electron chi connectivity index (χ1n) is 8.39. The third kappa shape index (κ3) is 4.44. The SMILES string of the molecule is [CH2]c1ccc(CNC(=O)c2cccc(C)c2O)cc1Oc1ccc(F)cc1. The van der Waals surface area contributed by atoms with E-state index in [2.05, 4.69) is 12.2 Å². The van der Waals surface area contributed by atoms with E-state index in [1.165, 1.54) is 24.3 Å². The molecule has 0 fully saturated rings. The highest BCUT2D eigenvalue weighted by atomic mass is 19.1. The Bertz CT molecular complexity index is 968. The number of para-hydroxylation sites is 1. The molecule has 4 nitrogen and oxygen atoms in total. The second-order valence-corrected chi connectivity index (χ2v) is 6.15. The molecule has 0 saturated carbocycles. The highest BCUT2D eigenvalue weighted by Crippen LogP contribution is 2.26. The van der Waals surface area contributed by atoms with Crippen molar-refractivity contribution in [3.8, 4) is 17.2 Å². The van der Waals surface area contributed by atoms with Crippen molar-refractivity contribution in [1.82, 2.24) is 5.32 Å². The van der Waals surface area contributed by atoms with Crippen LogP contribution in [0, 0.1) is 19.7 Å². The fourth-order valence-electron chi connectivity index (χ4n) is 2.55. The lowest BCUT2D eigenvalue weighted by Crippen LogP contribution is -2.23. The lowest BCUT2D eigenvalue weighted by Gasteiger charge is -2.12. The summed E-state index contributed by atoms with van der Waals surface area (Å²) in [7, 11) is 0. The van der Waals surface area contributed by atoms with Gasteiger partial charge >= 0.3 is 0 Å². The Hall–Kier alpha value is -3.34. The molecular formula is C22H19FNO3. The van der Waals surface area contributed by atoms with Crippen LogP contribution in [0.2, 0.25) is 0 Å². The van der Waals surface area contributed by atoms with E-state index in [0.29, 0.717) is 22.6 Å². The normalized spacial score (nSPS) is 10.5. The third-order valence-corrected chi connectivity index (χ3v) is 4.11. The molecule has 2 N–H and O–H groups in total. The first-order valence-corrected chi connectivity index (χ1v) is 8.39. The van der Waals surface area contributed by atoms with Crippen LogP contribution in [-0.4, -0.2) is 11.0 Å². The Kier molecular flexibility index (Phi) is 5.41. The second-order valence-electron chi connectivity index (χ2n) is 6.15. The molecule has 0 spiro atoms. The molecule has 0 aromatic heterocycles. The van der Waals surface area contributed by atoms with Gasteiger partial charge in [-0.25, -0.2) is 4.39 Å². The summed E-state index contributed by atoms with van der Waals surface area (Å²) in [5.41, 5.74) is 2.34. The van der Waals surface area contributed by atoms with Crippen molar-refractivity contribution < 1.29 is 19.0 Å². The van der Waals surface area contributed by atoms with Crippen molar-refractivity contribution in [2.45, 2.75) is 13.5 Å². The summed E-state index contributed by atoms with van der Waals surface area (Å²) in [6.07, 6.45) is 0. The van der Waals surface area contributed by atoms with Crippen LogP contribution in [0.3, 0.4) is 0 Å². The van der Waals surface area contributed by atoms with Gasteiger partial charge in [0.05, 0.1) is 5.56 Å². The molecule has 137 valence electrons. The minimum Gasteiger partial charge on any atom is -0.507 e. The van der Waals surface area contributed by atoms with E-state index in [1.54, 1.807) is 37.3 Å². The molecular weight excluding hydrogens is 345 g/mol. The first kappa shape index (κ1) is 18.5. The molecule has 5 heteroatoms. The van der Waals surface area contributed by atoms with E-state index < -0.39 is 0 Å². The van der Waals surface area contributed by atoms with Crippen LogP contribution < -0.4 is 10.1 Å². The van der Waals surface area contributed by atoms with Crippen molar-refractivity contribution >= 4 is 5.91 Å². The second kappa shape index (κ2) is 7.91. The molecule has 0 aliphatic carbocycles. The van der Waals surface area contributed by atoms with Crippen LogP contribution in [0.4, 0.5) is 4.39 Å². The molecule has 3 rings (SSSR count). The summed E-state index contributed by atoms with van der Waals surface area (Å²) in [5, 5.41) is 12.8. The van der Waals surface area contributed by atoms with Crippen LogP contribution in [0.25, 0.3) is 0 Å². The Balaban J connectivity index is 1.71. The number of phenols is 1. The minimum absolute atomic E-state index is 0.0246. The Morgan fingerprint density at radius 2 is 1.89 bits per heavy atom. The number of hydrogen-bond acceptors (Lipinski definition) is 3. The number of carbonyl (C=O) groups is 1. The maximum absolute atomic E-state index is 13.0. The highest BCUT2D eigenvalue weighted by Gasteiger charge is 2.12. The summed E-state index contributed by atoms with van der Waals surface area (Å²) in [6.45, 7) is 5.91. The van der Waals surface area contributed by atoms with Gasteiger partial charge in [-0.15, -0.1) is 0 Å². The minimum atomic E-state index is -0.365. The number of aromatic hydroxyl groups is 1. The van der Waals surface area contributed by atoms with Crippen LogP contribution >= 0.6 is 0 Å². The van der Waals surface area contributed by atoms with Gasteiger partial charge in [-0.1, -0.05) is 24.3 Å². The molecule has 0 heterocycles. The number of carbonyl (C=O) groups excluding carboxylic acids is 1. The van der Waals surface area contributed by atoms with E-state index in [4.69, 9.17) is 4.74 Å². The maximum Gasteiger partial charge on any atom is 0.255 e. The van der Waals surface area contributed by atoms with E-state index >= 15 is 0 Å². The molecule has 3 aromatic rings. The summed E-state index contributed by atoms with van der Waals surface area (Å²) in [6, 6.07) is 16.1. The number of benzene rings is 3. The molecule has 3 aromatic carbocycles. The van der Waals surface area contributed by atoms with Crippen molar-refractivity contribution in [3.05, 3.63) is 95.7 Å². The molecule has 1 radical (unpaired) electrons. The predicted octanol–water partition coefficient (Wildman–Crippen LogP) is 4.74. The highest BCUT2D eigenvalue weighted by molar-refractivity contribution is 5.97. The summed E-state index contributed by atoms with van der Waals surface area (Å²) >= 11 is 0. The molecule has 0 saturated heterocycles. The van der Waals surface area contributed by atoms with Crippen molar-refractivity contribution in [3.63, 3.8) is 0 Å². The number of amides is 1. The zero-order valence-electron chi connectivity index (χ0n) is 14.8. The summed E-state index contributed by atoms with van der Waals surface area (Å²) < 4.78 is 18.8. The molecule has 1 amide bonds. The number of aryl methyl sites for hydroxylation is 1. The standard InChI is InChI=1S/C22H19FNO3/c1-14-6-7-16(12-20(14)27-18-10-8-17(23)9-11-18)13-24-22(26)19-5-3-4-15(2)21(19)25/h3-12,25H,1,13H2,2H3,(H,24,26). The first-order chi connectivity index (χ1) is 12.9. The smallest absolute Gasteiger partial charge is 0.255 e. The van der Waals surface area contributed by atoms with E-state index in [-0.39, 0.29) is 29.6 Å². The third-order valence-electron chi connectivity index (χ3n) is 4.11. The van der Waals surface area contributed by atoms with Crippen LogP contribution in [0.1, 0.15) is 27.0 Å². The Morgan fingerprint density at radius 1 is 1.15 bits per heavy atom. The fraction of sp³-hybridized carbons (Fsp3) is 0.0909. The van der Waals surface area contributed by atoms with Crippen molar-refractivity contribution in [2.24, 2.45) is 0 Å². The lowest BCUT2D eigenvalue weighted by molar-refractivity contribution is 0.0948. The molecule has 0 bridgehead atoms. The quantitative estimate of drug-likeness (QED) is 0.687. The van der Waals surface area contributed by atoms with Gasteiger partial charge in [0.15, 0.2) is 0 Å². The molecule has 0 atom stereocenters. The fourth-order valence-corrected chi connectivity index (χ4v) is 2.55. The lowest BCUT2D eigenvalue weighted by atomic mass is 10.1. The average molecular weight is 364 g/mol. The van der Waals surface area contributed by atoms with E-state index in [0.717, 1.165) is 5.56 Å². The number of rotatable bonds is 5. The zero-order valence-corrected chi connectivity index (χ0v) is 14.8. The molecule has 0 aliphatic rings. The van der Waals surface area contributed by atoms with Crippen molar-refractivity contribution in [1.29, 1.82) is 0 Å². The number of phenolic OH excluding ortho intramolecular Hbond substituents is 1. The Morgan fingerprint density at radius 3 is 2.63 bits per heavy atom. The van der Waals surface area contributed by atoms with Gasteiger partial charge in [0, 0.05) is 6.54 Å². The number of nitrogens with one attached hydrogen (secondary N) is 1. The van der Waals surface area contributed by atoms with Gasteiger partial charge in [-0.2, -0.15) is 0 Å². The number of ether oxygens (including phenoxy) is 1. The largest absolute Gasteiger partial charge is 0.507 e. The topological polar surface area (TPSA) is 58.6 Å². The predicted molar refractivity (Wildman–Crippen MR) is 101 cm³/mol. The van der Waals surface area contributed by atoms with Crippen LogP contribution in [-0.2, 0) is 6.54 Å². The maximum atomic E-state index is 13.0. The van der Waals surface area contributed by atoms with Crippen LogP contribution in [0.15, 0.2) is 60.7 Å². The van der Waals surface area contributed by atoms with E-state index in [1.807, 2.05) is 6.07 Å². The number of hydrogen-bond donors (Lipinski definition) is 2. The van der Waals surface area contributed by atoms with Gasteiger partial charge in [0.1, 0.15) is 23.1 Å². The van der Waals surface area contributed by atoms with Crippen molar-refractivity contribution in [2.75, 3.05) is 0 Å². The van der Waals surface area contributed by atoms with E-state index in [9.17, 15) is 14.3 Å². The Labute approximate surface area is 157 Å². The van der Waals surface area contributed by atoms with Gasteiger partial charge in [-0.3, -0.25) is 4.79 Å².